The first-order valence-electron chi connectivity index (χ1n) is 6.32. The van der Waals surface area contributed by atoms with Crippen molar-refractivity contribution in [2.45, 2.75) is 20.0 Å². The Balaban J connectivity index is 1.90. The van der Waals surface area contributed by atoms with Crippen molar-refractivity contribution in [3.63, 3.8) is 0 Å². The van der Waals surface area contributed by atoms with Crippen LogP contribution in [0.2, 0.25) is 0 Å². The standard InChI is InChI=1S/C15H18N2O/c1-2-18-15-9-4-3-7-13(15)11-16-12-14-8-5-6-10-17-14/h3-10,16H,2,11-12H2,1H3/p+1. The van der Waals surface area contributed by atoms with E-state index in [4.69, 9.17) is 4.74 Å². The molecule has 0 radical (unpaired) electrons. The van der Waals surface area contributed by atoms with Crippen LogP contribution < -0.4 is 10.1 Å². The molecule has 0 aliphatic rings. The molecule has 3 nitrogen and oxygen atoms in total. The van der Waals surface area contributed by atoms with Crippen LogP contribution in [0.15, 0.2) is 48.7 Å². The van der Waals surface area contributed by atoms with Gasteiger partial charge >= 0.3 is 0 Å². The SMILES string of the molecule is CCOc1ccccc1C[NH2+]Cc1ccccn1. The predicted octanol–water partition coefficient (Wildman–Crippen LogP) is 1.74. The summed E-state index contributed by atoms with van der Waals surface area (Å²) in [5.41, 5.74) is 2.33. The van der Waals surface area contributed by atoms with E-state index in [-0.39, 0.29) is 0 Å². The summed E-state index contributed by atoms with van der Waals surface area (Å²) in [5.74, 6) is 0.984. The number of hydrogen-bond acceptors (Lipinski definition) is 2. The van der Waals surface area contributed by atoms with Crippen LogP contribution in [0.4, 0.5) is 0 Å². The Morgan fingerprint density at radius 1 is 1.06 bits per heavy atom. The molecule has 0 aliphatic heterocycles. The van der Waals surface area contributed by atoms with Gasteiger partial charge in [-0.3, -0.25) is 4.98 Å². The second-order valence-corrected chi connectivity index (χ2v) is 4.06. The van der Waals surface area contributed by atoms with Crippen molar-refractivity contribution < 1.29 is 10.1 Å². The Morgan fingerprint density at radius 2 is 1.89 bits per heavy atom. The lowest BCUT2D eigenvalue weighted by Crippen LogP contribution is -2.80. The van der Waals surface area contributed by atoms with Gasteiger partial charge in [0.25, 0.3) is 0 Å². The van der Waals surface area contributed by atoms with E-state index >= 15 is 0 Å². The maximum Gasteiger partial charge on any atom is 0.128 e. The summed E-state index contributed by atoms with van der Waals surface area (Å²) in [6.07, 6.45) is 1.83. The van der Waals surface area contributed by atoms with E-state index in [1.807, 2.05) is 49.5 Å². The van der Waals surface area contributed by atoms with Crippen LogP contribution in [0.3, 0.4) is 0 Å². The van der Waals surface area contributed by atoms with Gasteiger partial charge in [-0.2, -0.15) is 0 Å². The molecule has 0 fully saturated rings. The monoisotopic (exact) mass is 243 g/mol. The fourth-order valence-electron chi connectivity index (χ4n) is 1.86. The summed E-state index contributed by atoms with van der Waals surface area (Å²) >= 11 is 0. The summed E-state index contributed by atoms with van der Waals surface area (Å²) in [5, 5.41) is 2.24. The van der Waals surface area contributed by atoms with Gasteiger partial charge in [-0.1, -0.05) is 18.2 Å². The van der Waals surface area contributed by atoms with Crippen LogP contribution in [0, 0.1) is 0 Å². The third-order valence-electron chi connectivity index (χ3n) is 2.72. The Bertz CT molecular complexity index is 471. The van der Waals surface area contributed by atoms with Crippen molar-refractivity contribution in [2.75, 3.05) is 6.61 Å². The largest absolute Gasteiger partial charge is 0.493 e. The molecule has 0 spiro atoms. The molecule has 2 aromatic rings. The van der Waals surface area contributed by atoms with Crippen molar-refractivity contribution in [1.29, 1.82) is 0 Å². The van der Waals surface area contributed by atoms with E-state index in [0.717, 1.165) is 24.5 Å². The maximum atomic E-state index is 5.60. The minimum atomic E-state index is 0.706. The summed E-state index contributed by atoms with van der Waals surface area (Å²) in [7, 11) is 0. The Morgan fingerprint density at radius 3 is 2.67 bits per heavy atom. The first-order chi connectivity index (χ1) is 8.90. The van der Waals surface area contributed by atoms with Crippen LogP contribution in [0.1, 0.15) is 18.2 Å². The first-order valence-corrected chi connectivity index (χ1v) is 6.32. The zero-order valence-electron chi connectivity index (χ0n) is 10.7. The van der Waals surface area contributed by atoms with Gasteiger partial charge in [-0.15, -0.1) is 0 Å². The molecule has 0 unspecified atom stereocenters. The second kappa shape index (κ2) is 6.77. The van der Waals surface area contributed by atoms with Gasteiger partial charge in [0.1, 0.15) is 18.8 Å². The number of benzene rings is 1. The smallest absolute Gasteiger partial charge is 0.128 e. The van der Waals surface area contributed by atoms with Crippen molar-refractivity contribution in [1.82, 2.24) is 4.98 Å². The highest BCUT2D eigenvalue weighted by molar-refractivity contribution is 5.32. The molecule has 0 bridgehead atoms. The van der Waals surface area contributed by atoms with E-state index in [1.54, 1.807) is 0 Å². The van der Waals surface area contributed by atoms with Crippen molar-refractivity contribution >= 4 is 0 Å². The summed E-state index contributed by atoms with van der Waals surface area (Å²) in [6.45, 7) is 4.51. The van der Waals surface area contributed by atoms with Gasteiger partial charge in [0.15, 0.2) is 0 Å². The van der Waals surface area contributed by atoms with Crippen LogP contribution in [0.5, 0.6) is 5.75 Å². The molecule has 1 heterocycles. The zero-order chi connectivity index (χ0) is 12.6. The topological polar surface area (TPSA) is 38.7 Å². The third kappa shape index (κ3) is 3.57. The van der Waals surface area contributed by atoms with Crippen molar-refractivity contribution in [2.24, 2.45) is 0 Å². The van der Waals surface area contributed by atoms with Crippen molar-refractivity contribution in [3.05, 3.63) is 59.9 Å². The molecule has 0 aliphatic carbocycles. The molecule has 0 saturated carbocycles. The number of aromatic nitrogens is 1. The number of nitrogens with zero attached hydrogens (tertiary/aromatic N) is 1. The molecule has 2 N–H and O–H groups in total. The van der Waals surface area contributed by atoms with Crippen LogP contribution in [-0.4, -0.2) is 11.6 Å². The van der Waals surface area contributed by atoms with Gasteiger partial charge in [-0.25, -0.2) is 0 Å². The number of pyridine rings is 1. The molecule has 2 rings (SSSR count). The number of rotatable bonds is 6. The molecule has 1 aromatic carbocycles. The minimum absolute atomic E-state index is 0.706. The maximum absolute atomic E-state index is 5.60. The molecule has 0 amide bonds. The van der Waals surface area contributed by atoms with E-state index in [9.17, 15) is 0 Å². The van der Waals surface area contributed by atoms with Crippen LogP contribution in [0.25, 0.3) is 0 Å². The molecule has 94 valence electrons. The third-order valence-corrected chi connectivity index (χ3v) is 2.72. The van der Waals surface area contributed by atoms with Crippen molar-refractivity contribution in [3.8, 4) is 5.75 Å². The Hall–Kier alpha value is -1.87. The summed E-state index contributed by atoms with van der Waals surface area (Å²) in [4.78, 5) is 4.31. The fraction of sp³-hybridized carbons (Fsp3) is 0.267. The highest BCUT2D eigenvalue weighted by Gasteiger charge is 2.04. The Kier molecular flexibility index (Phi) is 4.73. The number of quaternary nitrogens is 1. The lowest BCUT2D eigenvalue weighted by Gasteiger charge is -2.08. The molecule has 0 atom stereocenters. The molecule has 1 aromatic heterocycles. The minimum Gasteiger partial charge on any atom is -0.493 e. The molecule has 18 heavy (non-hydrogen) atoms. The van der Waals surface area contributed by atoms with E-state index < -0.39 is 0 Å². The van der Waals surface area contributed by atoms with Crippen LogP contribution in [-0.2, 0) is 13.1 Å². The highest BCUT2D eigenvalue weighted by Crippen LogP contribution is 2.16. The number of para-hydroxylation sites is 1. The lowest BCUT2D eigenvalue weighted by atomic mass is 10.2. The van der Waals surface area contributed by atoms with Gasteiger partial charge in [-0.05, 0) is 31.2 Å². The molecular formula is C15H19N2O+. The van der Waals surface area contributed by atoms with Crippen LogP contribution >= 0.6 is 0 Å². The molecule has 0 saturated heterocycles. The van der Waals surface area contributed by atoms with E-state index in [1.165, 1.54) is 5.56 Å². The van der Waals surface area contributed by atoms with Gasteiger partial charge in [0.05, 0.1) is 12.3 Å². The Labute approximate surface area is 108 Å². The predicted molar refractivity (Wildman–Crippen MR) is 71.2 cm³/mol. The van der Waals surface area contributed by atoms with Gasteiger partial charge in [0, 0.05) is 11.8 Å². The van der Waals surface area contributed by atoms with E-state index in [0.29, 0.717) is 6.61 Å². The quantitative estimate of drug-likeness (QED) is 0.839. The lowest BCUT2D eigenvalue weighted by molar-refractivity contribution is -0.686. The summed E-state index contributed by atoms with van der Waals surface area (Å²) in [6, 6.07) is 14.2. The number of ether oxygens (including phenoxy) is 1. The summed E-state index contributed by atoms with van der Waals surface area (Å²) < 4.78 is 5.60. The average Bonchev–Trinajstić information content (AvgIpc) is 2.42. The number of nitrogens with two attached hydrogens (primary N) is 1. The van der Waals surface area contributed by atoms with Gasteiger partial charge < -0.3 is 10.1 Å². The zero-order valence-corrected chi connectivity index (χ0v) is 10.7. The average molecular weight is 243 g/mol. The van der Waals surface area contributed by atoms with E-state index in [2.05, 4.69) is 16.4 Å². The molecular weight excluding hydrogens is 224 g/mol. The molecule has 3 heteroatoms. The first kappa shape index (κ1) is 12.6. The van der Waals surface area contributed by atoms with Gasteiger partial charge in [0.2, 0.25) is 0 Å². The normalized spacial score (nSPS) is 10.3. The fourth-order valence-corrected chi connectivity index (χ4v) is 1.86. The second-order valence-electron chi connectivity index (χ2n) is 4.06. The highest BCUT2D eigenvalue weighted by atomic mass is 16.5. The number of hydrogen-bond donors (Lipinski definition) is 1.